The summed E-state index contributed by atoms with van der Waals surface area (Å²) in [7, 11) is 0. The first-order valence-electron chi connectivity index (χ1n) is 9.26. The third-order valence-corrected chi connectivity index (χ3v) is 7.66. The van der Waals surface area contributed by atoms with Gasteiger partial charge in [0.2, 0.25) is 5.91 Å². The Morgan fingerprint density at radius 3 is 2.69 bits per heavy atom. The number of hydrogen-bond donors (Lipinski definition) is 3. The molecule has 1 saturated heterocycles. The van der Waals surface area contributed by atoms with E-state index in [1.165, 1.54) is 28.0 Å². The van der Waals surface area contributed by atoms with Gasteiger partial charge < -0.3 is 21.2 Å². The highest BCUT2D eigenvalue weighted by Gasteiger charge is 2.40. The van der Waals surface area contributed by atoms with Gasteiger partial charge in [-0.1, -0.05) is 24.8 Å². The molecular weight excluding hydrogens is 410 g/mol. The lowest BCUT2D eigenvalue weighted by Gasteiger charge is -2.21. The SMILES string of the molecule is C=C(S/C=C(\N)c1sc(NC(=O)N2C[C@@H](C=O)C[C@H]2C(N)=O)nc1C)C1(C)CC1. The fourth-order valence-corrected chi connectivity index (χ4v) is 4.97. The van der Waals surface area contributed by atoms with Crippen molar-refractivity contribution in [2.24, 2.45) is 22.8 Å². The van der Waals surface area contributed by atoms with Crippen molar-refractivity contribution < 1.29 is 14.4 Å². The van der Waals surface area contributed by atoms with Crippen molar-refractivity contribution in [3.8, 4) is 0 Å². The standard InChI is InChI=1S/C19H25N5O3S2/c1-10-15(13(20)9-28-11(2)19(3)4-5-19)29-17(22-10)23-18(27)24-7-12(8-25)6-14(24)16(21)26/h8-9,12,14H,2,4-7,20H2,1,3H3,(H2,21,26)(H,22,23,27)/b13-9-/t12-,14-/m0/s1. The van der Waals surface area contributed by atoms with E-state index < -0.39 is 23.9 Å². The Labute approximate surface area is 177 Å². The maximum atomic E-state index is 12.6. The number of thiazole rings is 1. The van der Waals surface area contributed by atoms with E-state index in [1.54, 1.807) is 0 Å². The van der Waals surface area contributed by atoms with E-state index in [0.717, 1.165) is 28.9 Å². The fourth-order valence-electron chi connectivity index (χ4n) is 3.14. The molecule has 1 saturated carbocycles. The zero-order valence-corrected chi connectivity index (χ0v) is 18.1. The molecule has 0 spiro atoms. The minimum Gasteiger partial charge on any atom is -0.397 e. The highest BCUT2D eigenvalue weighted by molar-refractivity contribution is 8.06. The lowest BCUT2D eigenvalue weighted by molar-refractivity contribution is -0.121. The molecule has 2 aliphatic rings. The van der Waals surface area contributed by atoms with Gasteiger partial charge in [-0.15, -0.1) is 11.8 Å². The number of nitrogens with two attached hydrogens (primary N) is 2. The smallest absolute Gasteiger partial charge is 0.324 e. The van der Waals surface area contributed by atoms with E-state index in [1.807, 2.05) is 12.3 Å². The van der Waals surface area contributed by atoms with Crippen molar-refractivity contribution in [1.29, 1.82) is 0 Å². The number of aldehydes is 1. The molecule has 8 nitrogen and oxygen atoms in total. The summed E-state index contributed by atoms with van der Waals surface area (Å²) in [6.45, 7) is 8.28. The highest BCUT2D eigenvalue weighted by Crippen LogP contribution is 2.54. The Bertz CT molecular complexity index is 890. The topological polar surface area (TPSA) is 131 Å². The molecule has 1 aromatic heterocycles. The second-order valence-corrected chi connectivity index (χ2v) is 9.70. The Morgan fingerprint density at radius 2 is 2.10 bits per heavy atom. The van der Waals surface area contributed by atoms with Crippen LogP contribution in [0.1, 0.15) is 36.8 Å². The van der Waals surface area contributed by atoms with Gasteiger partial charge in [0.25, 0.3) is 0 Å². The van der Waals surface area contributed by atoms with Crippen LogP contribution in [-0.2, 0) is 9.59 Å². The number of nitrogens with one attached hydrogen (secondary N) is 1. The number of aryl methyl sites for hydroxylation is 1. The van der Waals surface area contributed by atoms with Crippen LogP contribution in [0.5, 0.6) is 0 Å². The van der Waals surface area contributed by atoms with Crippen LogP contribution < -0.4 is 16.8 Å². The summed E-state index contributed by atoms with van der Waals surface area (Å²) in [6, 6.07) is -1.31. The van der Waals surface area contributed by atoms with E-state index in [4.69, 9.17) is 11.5 Å². The second-order valence-electron chi connectivity index (χ2n) is 7.74. The zero-order valence-electron chi connectivity index (χ0n) is 16.4. The first-order chi connectivity index (χ1) is 13.6. The molecule has 0 bridgehead atoms. The molecule has 2 atom stereocenters. The number of primary amides is 1. The summed E-state index contributed by atoms with van der Waals surface area (Å²) in [6.07, 6.45) is 3.28. The van der Waals surface area contributed by atoms with Crippen molar-refractivity contribution in [3.63, 3.8) is 0 Å². The molecule has 3 rings (SSSR count). The largest absolute Gasteiger partial charge is 0.397 e. The molecule has 1 aliphatic heterocycles. The van der Waals surface area contributed by atoms with Crippen LogP contribution in [0.3, 0.4) is 0 Å². The van der Waals surface area contributed by atoms with Gasteiger partial charge in [-0.3, -0.25) is 10.1 Å². The molecule has 3 amide bonds. The number of carbonyl (C=O) groups is 3. The number of likely N-dealkylation sites (tertiary alicyclic amines) is 1. The normalized spacial score (nSPS) is 23.0. The van der Waals surface area contributed by atoms with Gasteiger partial charge in [-0.25, -0.2) is 9.78 Å². The molecule has 0 radical (unpaired) electrons. The summed E-state index contributed by atoms with van der Waals surface area (Å²) in [5.74, 6) is -1.03. The molecule has 156 valence electrons. The van der Waals surface area contributed by atoms with Crippen LogP contribution in [0.25, 0.3) is 5.70 Å². The molecule has 0 aromatic carbocycles. The number of anilines is 1. The average Bonchev–Trinajstić information content (AvgIpc) is 3.12. The number of hydrogen-bond acceptors (Lipinski definition) is 7. The van der Waals surface area contributed by atoms with E-state index in [-0.39, 0.29) is 18.4 Å². The second kappa shape index (κ2) is 8.19. The number of aromatic nitrogens is 1. The number of amides is 3. The lowest BCUT2D eigenvalue weighted by atomic mass is 10.1. The molecule has 29 heavy (non-hydrogen) atoms. The van der Waals surface area contributed by atoms with Crippen LogP contribution in [0.2, 0.25) is 0 Å². The van der Waals surface area contributed by atoms with Gasteiger partial charge >= 0.3 is 6.03 Å². The monoisotopic (exact) mass is 435 g/mol. The van der Waals surface area contributed by atoms with Crippen LogP contribution in [-0.4, -0.2) is 40.7 Å². The van der Waals surface area contributed by atoms with Crippen molar-refractivity contribution in [3.05, 3.63) is 27.5 Å². The first kappa shape index (κ1) is 21.4. The molecule has 0 unspecified atom stereocenters. The van der Waals surface area contributed by atoms with Crippen LogP contribution in [0, 0.1) is 18.3 Å². The third-order valence-electron chi connectivity index (χ3n) is 5.39. The van der Waals surface area contributed by atoms with Gasteiger partial charge in [0.05, 0.1) is 16.3 Å². The molecule has 10 heteroatoms. The number of urea groups is 1. The molecule has 2 heterocycles. The van der Waals surface area contributed by atoms with Crippen molar-refractivity contribution in [2.75, 3.05) is 11.9 Å². The molecule has 5 N–H and O–H groups in total. The van der Waals surface area contributed by atoms with Gasteiger partial charge in [-0.05, 0) is 36.5 Å². The number of thioether (sulfide) groups is 1. The maximum absolute atomic E-state index is 12.6. The predicted molar refractivity (Wildman–Crippen MR) is 116 cm³/mol. The lowest BCUT2D eigenvalue weighted by Crippen LogP contribution is -2.45. The average molecular weight is 436 g/mol. The molecule has 1 aromatic rings. The number of carbonyl (C=O) groups excluding carboxylic acids is 3. The van der Waals surface area contributed by atoms with Crippen LogP contribution in [0.15, 0.2) is 16.9 Å². The van der Waals surface area contributed by atoms with Crippen molar-refractivity contribution in [2.45, 2.75) is 39.2 Å². The van der Waals surface area contributed by atoms with Gasteiger partial charge in [0.15, 0.2) is 5.13 Å². The van der Waals surface area contributed by atoms with Gasteiger partial charge in [0, 0.05) is 17.9 Å². The Hall–Kier alpha value is -2.33. The minimum absolute atomic E-state index is 0.152. The quantitative estimate of drug-likeness (QED) is 0.564. The molecule has 1 aliphatic carbocycles. The van der Waals surface area contributed by atoms with Gasteiger partial charge in [-0.2, -0.15) is 0 Å². The summed E-state index contributed by atoms with van der Waals surface area (Å²) < 4.78 is 0. The van der Waals surface area contributed by atoms with E-state index in [0.29, 0.717) is 16.5 Å². The van der Waals surface area contributed by atoms with Crippen LogP contribution >= 0.6 is 23.1 Å². The Balaban J connectivity index is 1.68. The first-order valence-corrected chi connectivity index (χ1v) is 11.0. The summed E-state index contributed by atoms with van der Waals surface area (Å²) in [5, 5.41) is 4.92. The number of rotatable bonds is 7. The molecule has 2 fully saturated rings. The van der Waals surface area contributed by atoms with E-state index in [9.17, 15) is 14.4 Å². The van der Waals surface area contributed by atoms with E-state index in [2.05, 4.69) is 23.8 Å². The highest BCUT2D eigenvalue weighted by atomic mass is 32.2. The summed E-state index contributed by atoms with van der Waals surface area (Å²) in [4.78, 5) is 42.8. The summed E-state index contributed by atoms with van der Waals surface area (Å²) >= 11 is 2.78. The van der Waals surface area contributed by atoms with E-state index >= 15 is 0 Å². The predicted octanol–water partition coefficient (Wildman–Crippen LogP) is 2.66. The fraction of sp³-hybridized carbons (Fsp3) is 0.474. The minimum atomic E-state index is -0.804. The molecular formula is C19H25N5O3S2. The number of nitrogens with zero attached hydrogens (tertiary/aromatic N) is 2. The Morgan fingerprint density at radius 1 is 1.41 bits per heavy atom. The zero-order chi connectivity index (χ0) is 21.3. The van der Waals surface area contributed by atoms with Crippen LogP contribution in [0.4, 0.5) is 9.93 Å². The number of allylic oxidation sites excluding steroid dienone is 1. The maximum Gasteiger partial charge on any atom is 0.324 e. The Kier molecular flexibility index (Phi) is 6.04. The van der Waals surface area contributed by atoms with Crippen molar-refractivity contribution >= 4 is 52.2 Å². The third kappa shape index (κ3) is 4.64. The summed E-state index contributed by atoms with van der Waals surface area (Å²) in [5.41, 5.74) is 13.1. The van der Waals surface area contributed by atoms with Crippen molar-refractivity contribution in [1.82, 2.24) is 9.88 Å². The van der Waals surface area contributed by atoms with Gasteiger partial charge in [0.1, 0.15) is 12.3 Å².